The van der Waals surface area contributed by atoms with Crippen molar-refractivity contribution in [1.29, 1.82) is 0 Å². The number of aryl methyl sites for hydroxylation is 1. The number of benzene rings is 2. The number of carbonyl (C=O) groups excluding carboxylic acids is 1. The van der Waals surface area contributed by atoms with Crippen molar-refractivity contribution in [3.63, 3.8) is 0 Å². The van der Waals surface area contributed by atoms with Gasteiger partial charge in [0.1, 0.15) is 0 Å². The quantitative estimate of drug-likeness (QED) is 0.766. The molecule has 0 heterocycles. The molecule has 1 saturated carbocycles. The van der Waals surface area contributed by atoms with E-state index >= 15 is 0 Å². The number of nitrogens with one attached hydrogen (secondary N) is 2. The zero-order chi connectivity index (χ0) is 19.4. The first-order valence-corrected chi connectivity index (χ1v) is 10.9. The highest BCUT2D eigenvalue weighted by Crippen LogP contribution is 2.25. The maximum atomic E-state index is 12.7. The second-order valence-corrected chi connectivity index (χ2v) is 9.04. The molecule has 7 heteroatoms. The Morgan fingerprint density at radius 1 is 1.04 bits per heavy atom. The van der Waals surface area contributed by atoms with Crippen LogP contribution in [0.2, 0.25) is 5.02 Å². The highest BCUT2D eigenvalue weighted by Gasteiger charge is 2.22. The van der Waals surface area contributed by atoms with Gasteiger partial charge in [0.15, 0.2) is 0 Å². The number of rotatable bonds is 5. The fraction of sp³-hybridized carbons (Fsp3) is 0.350. The molecule has 0 saturated heterocycles. The molecular formula is C20H23ClN2O3S. The summed E-state index contributed by atoms with van der Waals surface area (Å²) in [6.45, 7) is 1.89. The van der Waals surface area contributed by atoms with E-state index in [4.69, 9.17) is 11.6 Å². The molecule has 0 bridgehead atoms. The molecule has 27 heavy (non-hydrogen) atoms. The van der Waals surface area contributed by atoms with Crippen molar-refractivity contribution in [3.05, 3.63) is 58.6 Å². The molecule has 2 N–H and O–H groups in total. The van der Waals surface area contributed by atoms with Crippen LogP contribution in [0.5, 0.6) is 0 Å². The second-order valence-electron chi connectivity index (χ2n) is 6.92. The van der Waals surface area contributed by atoms with Crippen LogP contribution in [-0.4, -0.2) is 20.4 Å². The molecule has 0 aromatic heterocycles. The van der Waals surface area contributed by atoms with Gasteiger partial charge in [-0.05, 0) is 50.1 Å². The van der Waals surface area contributed by atoms with Crippen LogP contribution in [0.1, 0.15) is 48.0 Å². The summed E-state index contributed by atoms with van der Waals surface area (Å²) in [4.78, 5) is 12.9. The van der Waals surface area contributed by atoms with E-state index in [-0.39, 0.29) is 28.1 Å². The van der Waals surface area contributed by atoms with Crippen LogP contribution in [0.15, 0.2) is 47.4 Å². The van der Waals surface area contributed by atoms with Crippen LogP contribution in [0.25, 0.3) is 0 Å². The Morgan fingerprint density at radius 2 is 1.70 bits per heavy atom. The van der Waals surface area contributed by atoms with Gasteiger partial charge in [-0.3, -0.25) is 9.52 Å². The van der Waals surface area contributed by atoms with E-state index in [1.54, 1.807) is 18.2 Å². The zero-order valence-corrected chi connectivity index (χ0v) is 16.7. The molecule has 5 nitrogen and oxygen atoms in total. The largest absolute Gasteiger partial charge is 0.349 e. The summed E-state index contributed by atoms with van der Waals surface area (Å²) in [6.07, 6.45) is 5.25. The molecule has 2 aromatic carbocycles. The van der Waals surface area contributed by atoms with Gasteiger partial charge in [-0.25, -0.2) is 8.42 Å². The molecule has 1 aliphatic carbocycles. The third-order valence-corrected chi connectivity index (χ3v) is 6.36. The molecule has 144 valence electrons. The lowest BCUT2D eigenvalue weighted by Crippen LogP contribution is -2.36. The maximum Gasteiger partial charge on any atom is 0.261 e. The first kappa shape index (κ1) is 19.7. The van der Waals surface area contributed by atoms with Crippen LogP contribution in [-0.2, 0) is 10.0 Å². The summed E-state index contributed by atoms with van der Waals surface area (Å²) in [5.74, 6) is -0.314. The van der Waals surface area contributed by atoms with Crippen molar-refractivity contribution >= 4 is 33.2 Å². The van der Waals surface area contributed by atoms with Crippen LogP contribution >= 0.6 is 11.6 Å². The van der Waals surface area contributed by atoms with Crippen LogP contribution in [0.4, 0.5) is 5.69 Å². The Hall–Kier alpha value is -2.05. The average Bonchev–Trinajstić information content (AvgIpc) is 2.64. The minimum absolute atomic E-state index is 0.117. The number of amides is 1. The van der Waals surface area contributed by atoms with Gasteiger partial charge in [0.05, 0.1) is 16.1 Å². The lowest BCUT2D eigenvalue weighted by Gasteiger charge is -2.23. The SMILES string of the molecule is Cc1ccc(S(=O)(=O)Nc2ccc(Cl)cc2C(=O)NC2CCCCC2)cc1. The summed E-state index contributed by atoms with van der Waals surface area (Å²) in [6, 6.07) is 11.2. The van der Waals surface area contributed by atoms with Crippen molar-refractivity contribution < 1.29 is 13.2 Å². The predicted octanol–water partition coefficient (Wildman–Crippen LogP) is 4.51. The van der Waals surface area contributed by atoms with Crippen molar-refractivity contribution in [2.45, 2.75) is 50.0 Å². The van der Waals surface area contributed by atoms with Crippen molar-refractivity contribution in [2.24, 2.45) is 0 Å². The van der Waals surface area contributed by atoms with E-state index in [1.807, 2.05) is 6.92 Å². The Morgan fingerprint density at radius 3 is 2.37 bits per heavy atom. The lowest BCUT2D eigenvalue weighted by molar-refractivity contribution is 0.0928. The van der Waals surface area contributed by atoms with Gasteiger partial charge in [-0.2, -0.15) is 0 Å². The van der Waals surface area contributed by atoms with E-state index in [1.165, 1.54) is 30.7 Å². The molecule has 0 unspecified atom stereocenters. The summed E-state index contributed by atoms with van der Waals surface area (Å²) >= 11 is 6.05. The van der Waals surface area contributed by atoms with E-state index in [2.05, 4.69) is 10.0 Å². The summed E-state index contributed by atoms with van der Waals surface area (Å²) in [7, 11) is -3.81. The zero-order valence-electron chi connectivity index (χ0n) is 15.2. The highest BCUT2D eigenvalue weighted by molar-refractivity contribution is 7.92. The van der Waals surface area contributed by atoms with Crippen molar-refractivity contribution in [2.75, 3.05) is 4.72 Å². The van der Waals surface area contributed by atoms with E-state index in [0.29, 0.717) is 5.02 Å². The fourth-order valence-electron chi connectivity index (χ4n) is 3.22. The van der Waals surface area contributed by atoms with Gasteiger partial charge in [0.2, 0.25) is 0 Å². The topological polar surface area (TPSA) is 75.3 Å². The third kappa shape index (κ3) is 5.02. The van der Waals surface area contributed by atoms with Gasteiger partial charge in [0.25, 0.3) is 15.9 Å². The number of anilines is 1. The Balaban J connectivity index is 1.85. The van der Waals surface area contributed by atoms with Gasteiger partial charge >= 0.3 is 0 Å². The molecular weight excluding hydrogens is 384 g/mol. The molecule has 0 spiro atoms. The highest BCUT2D eigenvalue weighted by atomic mass is 35.5. The molecule has 0 radical (unpaired) electrons. The first-order valence-electron chi connectivity index (χ1n) is 9.05. The van der Waals surface area contributed by atoms with Crippen molar-refractivity contribution in [3.8, 4) is 0 Å². The average molecular weight is 407 g/mol. The van der Waals surface area contributed by atoms with E-state index in [0.717, 1.165) is 31.2 Å². The number of sulfonamides is 1. The molecule has 0 aliphatic heterocycles. The lowest BCUT2D eigenvalue weighted by atomic mass is 9.95. The third-order valence-electron chi connectivity index (χ3n) is 4.74. The van der Waals surface area contributed by atoms with Gasteiger partial charge in [-0.1, -0.05) is 48.6 Å². The number of carbonyl (C=O) groups is 1. The van der Waals surface area contributed by atoms with E-state index < -0.39 is 10.0 Å². The molecule has 1 amide bonds. The van der Waals surface area contributed by atoms with Gasteiger partial charge in [0, 0.05) is 11.1 Å². The number of hydrogen-bond donors (Lipinski definition) is 2. The molecule has 2 aromatic rings. The smallest absolute Gasteiger partial charge is 0.261 e. The normalized spacial score (nSPS) is 15.3. The minimum atomic E-state index is -3.81. The number of halogens is 1. The molecule has 3 rings (SSSR count). The van der Waals surface area contributed by atoms with Crippen LogP contribution < -0.4 is 10.0 Å². The maximum absolute atomic E-state index is 12.7. The van der Waals surface area contributed by atoms with Crippen LogP contribution in [0, 0.1) is 6.92 Å². The van der Waals surface area contributed by atoms with E-state index in [9.17, 15) is 13.2 Å². The second kappa shape index (κ2) is 8.31. The Labute approximate surface area is 165 Å². The first-order chi connectivity index (χ1) is 12.8. The predicted molar refractivity (Wildman–Crippen MR) is 108 cm³/mol. The minimum Gasteiger partial charge on any atom is -0.349 e. The van der Waals surface area contributed by atoms with Gasteiger partial charge < -0.3 is 5.32 Å². The van der Waals surface area contributed by atoms with Gasteiger partial charge in [-0.15, -0.1) is 0 Å². The van der Waals surface area contributed by atoms with Crippen molar-refractivity contribution in [1.82, 2.24) is 5.32 Å². The molecule has 1 aliphatic rings. The molecule has 1 fully saturated rings. The summed E-state index contributed by atoms with van der Waals surface area (Å²) in [5, 5.41) is 3.38. The summed E-state index contributed by atoms with van der Waals surface area (Å²) in [5.41, 5.74) is 1.41. The monoisotopic (exact) mass is 406 g/mol. The fourth-order valence-corrected chi connectivity index (χ4v) is 4.48. The standard InChI is InChI=1S/C20H23ClN2O3S/c1-14-7-10-17(11-8-14)27(25,26)23-19-12-9-15(21)13-18(19)20(24)22-16-5-3-2-4-6-16/h7-13,16,23H,2-6H2,1H3,(H,22,24). The molecule has 0 atom stereocenters. The summed E-state index contributed by atoms with van der Waals surface area (Å²) < 4.78 is 27.9. The Kier molecular flexibility index (Phi) is 6.07. The van der Waals surface area contributed by atoms with Crippen LogP contribution in [0.3, 0.4) is 0 Å². The number of hydrogen-bond acceptors (Lipinski definition) is 3. The Bertz CT molecular complexity index is 921.